The molecule has 124 valence electrons. The topological polar surface area (TPSA) is 26.5 Å². The van der Waals surface area contributed by atoms with Crippen molar-refractivity contribution in [2.45, 2.75) is 13.5 Å². The Hall–Kier alpha value is -2.78. The van der Waals surface area contributed by atoms with Gasteiger partial charge < -0.3 is 4.74 Å². The molecule has 0 N–H and O–H groups in total. The van der Waals surface area contributed by atoms with Crippen LogP contribution in [0, 0.1) is 6.92 Å². The van der Waals surface area contributed by atoms with Gasteiger partial charge in [-0.05, 0) is 60.5 Å². The van der Waals surface area contributed by atoms with Crippen LogP contribution >= 0.6 is 11.6 Å². The lowest BCUT2D eigenvalue weighted by atomic mass is 10.1. The summed E-state index contributed by atoms with van der Waals surface area (Å²) < 4.78 is 8.04. The van der Waals surface area contributed by atoms with Crippen LogP contribution in [-0.4, -0.2) is 9.38 Å². The van der Waals surface area contributed by atoms with Gasteiger partial charge in [0.15, 0.2) is 0 Å². The van der Waals surface area contributed by atoms with Crippen LogP contribution in [0.4, 0.5) is 0 Å². The number of fused-ring (bicyclic) bond motifs is 1. The van der Waals surface area contributed by atoms with E-state index in [4.69, 9.17) is 16.3 Å². The Bertz CT molecular complexity index is 1020. The van der Waals surface area contributed by atoms with Crippen molar-refractivity contribution in [1.29, 1.82) is 0 Å². The van der Waals surface area contributed by atoms with Crippen LogP contribution in [0.25, 0.3) is 16.9 Å². The summed E-state index contributed by atoms with van der Waals surface area (Å²) in [7, 11) is 0. The van der Waals surface area contributed by atoms with Crippen LogP contribution in [0.1, 0.15) is 11.1 Å². The third kappa shape index (κ3) is 3.24. The van der Waals surface area contributed by atoms with Crippen LogP contribution in [0.2, 0.25) is 5.02 Å². The summed E-state index contributed by atoms with van der Waals surface area (Å²) in [4.78, 5) is 4.45. The molecule has 0 spiro atoms. The van der Waals surface area contributed by atoms with E-state index in [1.54, 1.807) is 0 Å². The molecule has 25 heavy (non-hydrogen) atoms. The Balaban J connectivity index is 1.57. The normalized spacial score (nSPS) is 11.0. The predicted octanol–water partition coefficient (Wildman–Crippen LogP) is 5.54. The molecule has 0 saturated heterocycles. The minimum absolute atomic E-state index is 0.521. The zero-order chi connectivity index (χ0) is 17.2. The molecule has 3 nitrogen and oxygen atoms in total. The summed E-state index contributed by atoms with van der Waals surface area (Å²) in [5, 5.41) is 0.734. The van der Waals surface area contributed by atoms with Gasteiger partial charge in [0.2, 0.25) is 0 Å². The molecule has 0 radical (unpaired) electrons. The van der Waals surface area contributed by atoms with E-state index in [0.29, 0.717) is 6.61 Å². The predicted molar refractivity (Wildman–Crippen MR) is 101 cm³/mol. The summed E-state index contributed by atoms with van der Waals surface area (Å²) in [6.07, 6.45) is 3.93. The first-order valence-corrected chi connectivity index (χ1v) is 8.49. The molecule has 2 aromatic carbocycles. The molecule has 4 rings (SSSR count). The molecule has 0 aliphatic heterocycles. The largest absolute Gasteiger partial charge is 0.489 e. The van der Waals surface area contributed by atoms with E-state index in [1.807, 2.05) is 60.9 Å². The van der Waals surface area contributed by atoms with Gasteiger partial charge in [-0.3, -0.25) is 4.40 Å². The number of nitrogens with zero attached hydrogens (tertiary/aromatic N) is 2. The first-order chi connectivity index (χ1) is 12.2. The summed E-state index contributed by atoms with van der Waals surface area (Å²) >= 11 is 5.91. The van der Waals surface area contributed by atoms with E-state index in [-0.39, 0.29) is 0 Å². The number of aromatic nitrogens is 2. The summed E-state index contributed by atoms with van der Waals surface area (Å²) in [5.74, 6) is 0.882. The number of rotatable bonds is 4. The molecule has 2 heterocycles. The van der Waals surface area contributed by atoms with E-state index in [0.717, 1.165) is 38.8 Å². The van der Waals surface area contributed by atoms with Gasteiger partial charge in [-0.2, -0.15) is 0 Å². The molecule has 0 aliphatic rings. The highest BCUT2D eigenvalue weighted by atomic mass is 35.5. The Morgan fingerprint density at radius 2 is 1.88 bits per heavy atom. The van der Waals surface area contributed by atoms with Gasteiger partial charge in [-0.25, -0.2) is 4.98 Å². The maximum absolute atomic E-state index is 5.96. The molecule has 0 saturated carbocycles. The number of hydrogen-bond acceptors (Lipinski definition) is 2. The minimum atomic E-state index is 0.521. The van der Waals surface area contributed by atoms with Gasteiger partial charge in [-0.1, -0.05) is 29.8 Å². The minimum Gasteiger partial charge on any atom is -0.489 e. The van der Waals surface area contributed by atoms with Crippen molar-refractivity contribution in [1.82, 2.24) is 9.38 Å². The molecule has 0 atom stereocenters. The van der Waals surface area contributed by atoms with Crippen molar-refractivity contribution in [3.8, 4) is 17.0 Å². The molecule has 2 aromatic heterocycles. The molecule has 0 aliphatic carbocycles. The molecule has 0 amide bonds. The Labute approximate surface area is 151 Å². The van der Waals surface area contributed by atoms with Crippen LogP contribution in [0.15, 0.2) is 73.1 Å². The molecule has 0 bridgehead atoms. The van der Waals surface area contributed by atoms with Crippen LogP contribution < -0.4 is 4.74 Å². The third-order valence-electron chi connectivity index (χ3n) is 4.20. The van der Waals surface area contributed by atoms with Gasteiger partial charge in [0.1, 0.15) is 18.0 Å². The zero-order valence-corrected chi connectivity index (χ0v) is 14.6. The molecular weight excluding hydrogens is 332 g/mol. The number of hydrogen-bond donors (Lipinski definition) is 0. The molecule has 0 fully saturated rings. The number of imidazole rings is 1. The molecule has 0 unspecified atom stereocenters. The zero-order valence-electron chi connectivity index (χ0n) is 13.8. The number of aryl methyl sites for hydroxylation is 1. The van der Waals surface area contributed by atoms with E-state index in [9.17, 15) is 0 Å². The smallest absolute Gasteiger partial charge is 0.137 e. The maximum Gasteiger partial charge on any atom is 0.137 e. The highest BCUT2D eigenvalue weighted by Gasteiger charge is 2.08. The Morgan fingerprint density at radius 1 is 1.04 bits per heavy atom. The second-order valence-electron chi connectivity index (χ2n) is 5.97. The van der Waals surface area contributed by atoms with Gasteiger partial charge >= 0.3 is 0 Å². The van der Waals surface area contributed by atoms with Crippen molar-refractivity contribution in [2.24, 2.45) is 0 Å². The van der Waals surface area contributed by atoms with E-state index in [1.165, 1.54) is 0 Å². The maximum atomic E-state index is 5.96. The average molecular weight is 349 g/mol. The Morgan fingerprint density at radius 3 is 2.68 bits per heavy atom. The fourth-order valence-corrected chi connectivity index (χ4v) is 2.98. The average Bonchev–Trinajstić information content (AvgIpc) is 3.06. The van der Waals surface area contributed by atoms with Gasteiger partial charge in [0.05, 0.1) is 11.9 Å². The molecule has 4 aromatic rings. The second-order valence-corrected chi connectivity index (χ2v) is 6.40. The van der Waals surface area contributed by atoms with E-state index in [2.05, 4.69) is 28.4 Å². The van der Waals surface area contributed by atoms with Crippen LogP contribution in [0.5, 0.6) is 5.75 Å². The van der Waals surface area contributed by atoms with Crippen molar-refractivity contribution in [2.75, 3.05) is 0 Å². The van der Waals surface area contributed by atoms with Crippen molar-refractivity contribution in [3.05, 3.63) is 89.2 Å². The number of pyridine rings is 1. The second kappa shape index (κ2) is 6.61. The summed E-state index contributed by atoms with van der Waals surface area (Å²) in [6, 6.07) is 19.9. The van der Waals surface area contributed by atoms with Crippen molar-refractivity contribution < 1.29 is 4.74 Å². The van der Waals surface area contributed by atoms with E-state index < -0.39 is 0 Å². The van der Waals surface area contributed by atoms with Crippen LogP contribution in [0.3, 0.4) is 0 Å². The van der Waals surface area contributed by atoms with Gasteiger partial charge in [0.25, 0.3) is 0 Å². The summed E-state index contributed by atoms with van der Waals surface area (Å²) in [5.41, 5.74) is 5.32. The SMILES string of the molecule is Cc1cc(-c2cnc3ccccn23)ccc1OCc1ccc(Cl)cc1. The lowest BCUT2D eigenvalue weighted by Gasteiger charge is -2.11. The number of benzene rings is 2. The van der Waals surface area contributed by atoms with Crippen molar-refractivity contribution >= 4 is 17.2 Å². The lowest BCUT2D eigenvalue weighted by molar-refractivity contribution is 0.304. The fourth-order valence-electron chi connectivity index (χ4n) is 2.86. The first-order valence-electron chi connectivity index (χ1n) is 8.11. The monoisotopic (exact) mass is 348 g/mol. The lowest BCUT2D eigenvalue weighted by Crippen LogP contribution is -1.97. The quantitative estimate of drug-likeness (QED) is 0.484. The Kier molecular flexibility index (Phi) is 4.16. The van der Waals surface area contributed by atoms with Crippen LogP contribution in [-0.2, 0) is 6.61 Å². The highest BCUT2D eigenvalue weighted by molar-refractivity contribution is 6.30. The molecular formula is C21H17ClN2O. The standard InChI is InChI=1S/C21H17ClN2O/c1-15-12-17(19-13-23-21-4-2-3-11-24(19)21)7-10-20(15)25-14-16-5-8-18(22)9-6-16/h2-13H,14H2,1H3. The highest BCUT2D eigenvalue weighted by Crippen LogP contribution is 2.27. The van der Waals surface area contributed by atoms with E-state index >= 15 is 0 Å². The fraction of sp³-hybridized carbons (Fsp3) is 0.0952. The third-order valence-corrected chi connectivity index (χ3v) is 4.45. The molecule has 4 heteroatoms. The first kappa shape index (κ1) is 15.7. The van der Waals surface area contributed by atoms with Gasteiger partial charge in [0, 0.05) is 16.8 Å². The van der Waals surface area contributed by atoms with Crippen molar-refractivity contribution in [3.63, 3.8) is 0 Å². The number of halogens is 1. The van der Waals surface area contributed by atoms with Gasteiger partial charge in [-0.15, -0.1) is 0 Å². The summed E-state index contributed by atoms with van der Waals surface area (Å²) in [6.45, 7) is 2.58. The number of ether oxygens (including phenoxy) is 1.